The molecule has 1 aliphatic heterocycles. The van der Waals surface area contributed by atoms with Crippen LogP contribution >= 0.6 is 0 Å². The van der Waals surface area contributed by atoms with Crippen molar-refractivity contribution in [2.24, 2.45) is 0 Å². The minimum absolute atomic E-state index is 0.0253. The van der Waals surface area contributed by atoms with Gasteiger partial charge in [0, 0.05) is 62.1 Å². The van der Waals surface area contributed by atoms with E-state index in [9.17, 15) is 14.9 Å². The molecule has 3 aromatic rings. The molecule has 1 aromatic carbocycles. The topological polar surface area (TPSA) is 118 Å². The maximum Gasteiger partial charge on any atom is 0.269 e. The molecule has 1 aliphatic carbocycles. The fourth-order valence-corrected chi connectivity index (χ4v) is 4.53. The van der Waals surface area contributed by atoms with Crippen LogP contribution in [0.25, 0.3) is 17.5 Å². The number of pyridine rings is 1. The maximum atomic E-state index is 12.6. The van der Waals surface area contributed by atoms with E-state index in [2.05, 4.69) is 20.0 Å². The van der Waals surface area contributed by atoms with Crippen LogP contribution < -0.4 is 4.90 Å². The third kappa shape index (κ3) is 5.21. The van der Waals surface area contributed by atoms with Gasteiger partial charge in [-0.05, 0) is 48.7 Å². The van der Waals surface area contributed by atoms with E-state index >= 15 is 0 Å². The molecule has 1 saturated carbocycles. The lowest BCUT2D eigenvalue weighted by atomic mass is 10.1. The second-order valence-electron chi connectivity index (χ2n) is 8.84. The summed E-state index contributed by atoms with van der Waals surface area (Å²) in [5, 5.41) is 14.9. The zero-order chi connectivity index (χ0) is 24.2. The van der Waals surface area contributed by atoms with Gasteiger partial charge in [-0.3, -0.25) is 14.9 Å². The van der Waals surface area contributed by atoms with E-state index in [1.807, 2.05) is 12.1 Å². The fourth-order valence-electron chi connectivity index (χ4n) is 4.53. The standard InChI is InChI=1S/C25H26N6O4/c32-23(12-7-18-5-9-21(10-6-18)31(33)34)30-15-13-29(14-16-30)22-11-8-20(17-26-22)24-27-25(35-28-24)19-3-1-2-4-19/h5-12,17,19H,1-4,13-16H2/b12-7-. The molecule has 10 heteroatoms. The molecule has 2 aliphatic rings. The minimum Gasteiger partial charge on any atom is -0.353 e. The second kappa shape index (κ2) is 10.0. The number of piperazine rings is 1. The first-order valence-corrected chi connectivity index (χ1v) is 11.8. The van der Waals surface area contributed by atoms with Gasteiger partial charge in [-0.2, -0.15) is 4.98 Å². The molecule has 0 bridgehead atoms. The summed E-state index contributed by atoms with van der Waals surface area (Å²) in [6.07, 6.45) is 9.61. The number of hydrogen-bond donors (Lipinski definition) is 0. The lowest BCUT2D eigenvalue weighted by Gasteiger charge is -2.35. The van der Waals surface area contributed by atoms with Gasteiger partial charge in [0.15, 0.2) is 0 Å². The van der Waals surface area contributed by atoms with E-state index in [0.29, 0.717) is 37.9 Å². The molecule has 35 heavy (non-hydrogen) atoms. The zero-order valence-electron chi connectivity index (χ0n) is 19.2. The van der Waals surface area contributed by atoms with Gasteiger partial charge in [0.1, 0.15) is 5.82 Å². The van der Waals surface area contributed by atoms with Gasteiger partial charge in [-0.1, -0.05) is 18.0 Å². The van der Waals surface area contributed by atoms with Crippen molar-refractivity contribution in [2.75, 3.05) is 31.1 Å². The molecule has 1 amide bonds. The van der Waals surface area contributed by atoms with Gasteiger partial charge in [0.05, 0.1) is 4.92 Å². The van der Waals surface area contributed by atoms with Gasteiger partial charge in [-0.15, -0.1) is 0 Å². The quantitative estimate of drug-likeness (QED) is 0.298. The molecule has 0 N–H and O–H groups in total. The maximum absolute atomic E-state index is 12.6. The van der Waals surface area contributed by atoms with Crippen LogP contribution in [0.2, 0.25) is 0 Å². The number of carbonyl (C=O) groups is 1. The summed E-state index contributed by atoms with van der Waals surface area (Å²) in [4.78, 5) is 36.0. The average Bonchev–Trinajstić information content (AvgIpc) is 3.60. The molecular weight excluding hydrogens is 448 g/mol. The molecule has 0 spiro atoms. The van der Waals surface area contributed by atoms with E-state index in [-0.39, 0.29) is 11.6 Å². The molecule has 1 saturated heterocycles. The fraction of sp³-hybridized carbons (Fsp3) is 0.360. The Morgan fingerprint density at radius 3 is 2.46 bits per heavy atom. The van der Waals surface area contributed by atoms with Crippen LogP contribution in [0.3, 0.4) is 0 Å². The molecule has 10 nitrogen and oxygen atoms in total. The normalized spacial score (nSPS) is 16.8. The molecule has 2 fully saturated rings. The third-order valence-corrected chi connectivity index (χ3v) is 6.59. The number of nitrogens with zero attached hydrogens (tertiary/aromatic N) is 6. The van der Waals surface area contributed by atoms with Gasteiger partial charge < -0.3 is 14.3 Å². The lowest BCUT2D eigenvalue weighted by Crippen LogP contribution is -2.48. The highest BCUT2D eigenvalue weighted by atomic mass is 16.6. The van der Waals surface area contributed by atoms with Gasteiger partial charge in [-0.25, -0.2) is 4.98 Å². The lowest BCUT2D eigenvalue weighted by molar-refractivity contribution is -0.384. The number of aromatic nitrogens is 3. The summed E-state index contributed by atoms with van der Waals surface area (Å²) >= 11 is 0. The van der Waals surface area contributed by atoms with Crippen molar-refractivity contribution in [1.82, 2.24) is 20.0 Å². The van der Waals surface area contributed by atoms with E-state index in [1.54, 1.807) is 29.3 Å². The van der Waals surface area contributed by atoms with Crippen molar-refractivity contribution in [3.63, 3.8) is 0 Å². The summed E-state index contributed by atoms with van der Waals surface area (Å²) in [5.41, 5.74) is 1.59. The Balaban J connectivity index is 1.14. The first-order valence-electron chi connectivity index (χ1n) is 11.8. The number of nitro groups is 1. The number of hydrogen-bond acceptors (Lipinski definition) is 8. The van der Waals surface area contributed by atoms with Crippen molar-refractivity contribution in [2.45, 2.75) is 31.6 Å². The highest BCUT2D eigenvalue weighted by Crippen LogP contribution is 2.34. The van der Waals surface area contributed by atoms with Crippen molar-refractivity contribution in [1.29, 1.82) is 0 Å². The van der Waals surface area contributed by atoms with Crippen molar-refractivity contribution >= 4 is 23.5 Å². The monoisotopic (exact) mass is 474 g/mol. The van der Waals surface area contributed by atoms with Crippen LogP contribution in [0.15, 0.2) is 53.2 Å². The van der Waals surface area contributed by atoms with Crippen LogP contribution in [-0.2, 0) is 4.79 Å². The smallest absolute Gasteiger partial charge is 0.269 e. The molecule has 0 radical (unpaired) electrons. The van der Waals surface area contributed by atoms with Gasteiger partial charge in [0.25, 0.3) is 5.69 Å². The average molecular weight is 475 g/mol. The minimum atomic E-state index is -0.446. The highest BCUT2D eigenvalue weighted by Gasteiger charge is 2.24. The highest BCUT2D eigenvalue weighted by molar-refractivity contribution is 5.92. The number of nitro benzene ring substituents is 1. The Morgan fingerprint density at radius 2 is 1.80 bits per heavy atom. The molecule has 0 unspecified atom stereocenters. The Kier molecular flexibility index (Phi) is 6.51. The summed E-state index contributed by atoms with van der Waals surface area (Å²) in [5.74, 6) is 2.45. The summed E-state index contributed by atoms with van der Waals surface area (Å²) in [6.45, 7) is 2.53. The van der Waals surface area contributed by atoms with E-state index in [1.165, 1.54) is 31.1 Å². The molecular formula is C25H26N6O4. The van der Waals surface area contributed by atoms with Crippen LogP contribution in [-0.4, -0.2) is 57.0 Å². The van der Waals surface area contributed by atoms with Crippen molar-refractivity contribution < 1.29 is 14.2 Å². The van der Waals surface area contributed by atoms with Gasteiger partial charge >= 0.3 is 0 Å². The summed E-state index contributed by atoms with van der Waals surface area (Å²) < 4.78 is 5.48. The number of benzene rings is 1. The molecule has 2 aromatic heterocycles. The number of non-ortho nitro benzene ring substituents is 1. The Hall–Kier alpha value is -4.08. The van der Waals surface area contributed by atoms with Crippen LogP contribution in [0.5, 0.6) is 0 Å². The number of amides is 1. The summed E-state index contributed by atoms with van der Waals surface area (Å²) in [6, 6.07) is 10.0. The predicted molar refractivity (Wildman–Crippen MR) is 130 cm³/mol. The predicted octanol–water partition coefficient (Wildman–Crippen LogP) is 4.06. The SMILES string of the molecule is O=C(/C=C\c1ccc([N+](=O)[O-])cc1)N1CCN(c2ccc(-c3noc(C4CCCC4)n3)cn2)CC1. The summed E-state index contributed by atoms with van der Waals surface area (Å²) in [7, 11) is 0. The van der Waals surface area contributed by atoms with Gasteiger partial charge in [0.2, 0.25) is 17.6 Å². The van der Waals surface area contributed by atoms with Crippen LogP contribution in [0.1, 0.15) is 43.1 Å². The Bertz CT molecular complexity index is 1210. The number of anilines is 1. The van der Waals surface area contributed by atoms with Crippen molar-refractivity contribution in [3.8, 4) is 11.4 Å². The van der Waals surface area contributed by atoms with Crippen molar-refractivity contribution in [3.05, 3.63) is 70.2 Å². The zero-order valence-corrected chi connectivity index (χ0v) is 19.2. The largest absolute Gasteiger partial charge is 0.353 e. The molecule has 3 heterocycles. The second-order valence-corrected chi connectivity index (χ2v) is 8.84. The first-order chi connectivity index (χ1) is 17.1. The number of carbonyl (C=O) groups excluding carboxylic acids is 1. The van der Waals surface area contributed by atoms with E-state index in [4.69, 9.17) is 4.52 Å². The van der Waals surface area contributed by atoms with Crippen LogP contribution in [0.4, 0.5) is 11.5 Å². The Labute approximate surface area is 202 Å². The first kappa shape index (κ1) is 22.7. The molecule has 0 atom stereocenters. The molecule has 180 valence electrons. The van der Waals surface area contributed by atoms with Crippen LogP contribution in [0, 0.1) is 10.1 Å². The Morgan fingerprint density at radius 1 is 1.06 bits per heavy atom. The number of rotatable bonds is 6. The van der Waals surface area contributed by atoms with E-state index < -0.39 is 4.92 Å². The van der Waals surface area contributed by atoms with E-state index in [0.717, 1.165) is 35.7 Å². The molecule has 5 rings (SSSR count). The third-order valence-electron chi connectivity index (χ3n) is 6.59.